The van der Waals surface area contributed by atoms with Gasteiger partial charge in [0.15, 0.2) is 5.82 Å². The van der Waals surface area contributed by atoms with E-state index in [-0.39, 0.29) is 18.4 Å². The normalized spacial score (nSPS) is 13.4. The van der Waals surface area contributed by atoms with Crippen LogP contribution in [0.3, 0.4) is 0 Å². The lowest BCUT2D eigenvalue weighted by atomic mass is 10.1. The van der Waals surface area contributed by atoms with Crippen molar-refractivity contribution in [2.45, 2.75) is 6.54 Å². The Kier molecular flexibility index (Phi) is 8.22. The van der Waals surface area contributed by atoms with Crippen molar-refractivity contribution in [3.8, 4) is 11.3 Å². The van der Waals surface area contributed by atoms with Gasteiger partial charge in [-0.1, -0.05) is 59.6 Å². The fourth-order valence-electron chi connectivity index (χ4n) is 4.34. The standard InChI is InChI=1S/C28H25Cl2N5O2S/c29-21-8-9-22(23(30)17-21)24-10-11-26(32-31-24)33-12-14-34(15-13-33)27(36)19-35(18-20-5-2-1-3-6-20)28(37)25-7-4-16-38-25/h1-11,16-17H,12-15,18-19H2. The molecule has 0 aliphatic carbocycles. The van der Waals surface area contributed by atoms with E-state index in [0.29, 0.717) is 53.3 Å². The lowest BCUT2D eigenvalue weighted by molar-refractivity contribution is -0.132. The van der Waals surface area contributed by atoms with Crippen LogP contribution in [0.5, 0.6) is 0 Å². The second kappa shape index (κ2) is 11.9. The number of rotatable bonds is 7. The zero-order valence-corrected chi connectivity index (χ0v) is 22.8. The summed E-state index contributed by atoms with van der Waals surface area (Å²) >= 11 is 13.7. The molecule has 7 nitrogen and oxygen atoms in total. The minimum Gasteiger partial charge on any atom is -0.352 e. The molecule has 0 N–H and O–H groups in total. The lowest BCUT2D eigenvalue weighted by Gasteiger charge is -2.36. The Morgan fingerprint density at radius 2 is 1.68 bits per heavy atom. The predicted molar refractivity (Wildman–Crippen MR) is 152 cm³/mol. The van der Waals surface area contributed by atoms with Gasteiger partial charge in [-0.15, -0.1) is 21.5 Å². The third kappa shape index (κ3) is 6.15. The van der Waals surface area contributed by atoms with Crippen LogP contribution in [0, 0.1) is 0 Å². The number of thiophene rings is 1. The molecule has 2 aromatic heterocycles. The number of hydrogen-bond donors (Lipinski definition) is 0. The Hall–Kier alpha value is -3.46. The van der Waals surface area contributed by atoms with Gasteiger partial charge in [0, 0.05) is 43.3 Å². The van der Waals surface area contributed by atoms with E-state index < -0.39 is 0 Å². The van der Waals surface area contributed by atoms with Crippen molar-refractivity contribution in [3.05, 3.63) is 98.7 Å². The number of piperazine rings is 1. The number of anilines is 1. The van der Waals surface area contributed by atoms with Crippen molar-refractivity contribution < 1.29 is 9.59 Å². The number of amides is 2. The third-order valence-electron chi connectivity index (χ3n) is 6.38. The van der Waals surface area contributed by atoms with Gasteiger partial charge in [-0.3, -0.25) is 9.59 Å². The Labute approximate surface area is 235 Å². The van der Waals surface area contributed by atoms with Crippen LogP contribution in [0.2, 0.25) is 10.0 Å². The molecule has 0 spiro atoms. The molecular formula is C28H25Cl2N5O2S. The fourth-order valence-corrected chi connectivity index (χ4v) is 5.54. The monoisotopic (exact) mass is 565 g/mol. The van der Waals surface area contributed by atoms with Gasteiger partial charge < -0.3 is 14.7 Å². The van der Waals surface area contributed by atoms with Gasteiger partial charge in [0.05, 0.1) is 15.6 Å². The van der Waals surface area contributed by atoms with E-state index in [2.05, 4.69) is 15.1 Å². The van der Waals surface area contributed by atoms with E-state index in [4.69, 9.17) is 23.2 Å². The molecule has 3 heterocycles. The molecule has 0 unspecified atom stereocenters. The maximum absolute atomic E-state index is 13.2. The lowest BCUT2D eigenvalue weighted by Crippen LogP contribution is -2.52. The maximum atomic E-state index is 13.2. The van der Waals surface area contributed by atoms with Crippen LogP contribution < -0.4 is 4.90 Å². The number of nitrogens with zero attached hydrogens (tertiary/aromatic N) is 5. The van der Waals surface area contributed by atoms with Crippen LogP contribution in [-0.4, -0.2) is 64.5 Å². The van der Waals surface area contributed by atoms with Gasteiger partial charge in [0.2, 0.25) is 5.91 Å². The van der Waals surface area contributed by atoms with Crippen LogP contribution in [0.25, 0.3) is 11.3 Å². The first-order valence-electron chi connectivity index (χ1n) is 12.2. The van der Waals surface area contributed by atoms with Gasteiger partial charge in [-0.25, -0.2) is 0 Å². The molecule has 5 rings (SSSR count). The van der Waals surface area contributed by atoms with Crippen molar-refractivity contribution in [1.82, 2.24) is 20.0 Å². The molecule has 194 valence electrons. The SMILES string of the molecule is O=C(CN(Cc1ccccc1)C(=O)c1cccs1)N1CCN(c2ccc(-c3ccc(Cl)cc3Cl)nn2)CC1. The minimum atomic E-state index is -0.132. The first-order valence-corrected chi connectivity index (χ1v) is 13.8. The van der Waals surface area contributed by atoms with E-state index in [1.165, 1.54) is 11.3 Å². The Balaban J connectivity index is 1.21. The van der Waals surface area contributed by atoms with E-state index in [0.717, 1.165) is 16.9 Å². The molecule has 1 saturated heterocycles. The van der Waals surface area contributed by atoms with Crippen LogP contribution in [0.4, 0.5) is 5.82 Å². The molecule has 0 atom stereocenters. The Morgan fingerprint density at radius 1 is 0.895 bits per heavy atom. The number of aromatic nitrogens is 2. The summed E-state index contributed by atoms with van der Waals surface area (Å²) in [6, 6.07) is 22.4. The fraction of sp³-hybridized carbons (Fsp3) is 0.214. The van der Waals surface area contributed by atoms with Crippen LogP contribution in [0.15, 0.2) is 78.2 Å². The molecule has 0 radical (unpaired) electrons. The highest BCUT2D eigenvalue weighted by Crippen LogP contribution is 2.29. The summed E-state index contributed by atoms with van der Waals surface area (Å²) in [6.45, 7) is 2.73. The van der Waals surface area contributed by atoms with Crippen molar-refractivity contribution >= 4 is 52.2 Å². The summed E-state index contributed by atoms with van der Waals surface area (Å²) in [6.07, 6.45) is 0. The molecule has 10 heteroatoms. The summed E-state index contributed by atoms with van der Waals surface area (Å²) < 4.78 is 0. The minimum absolute atomic E-state index is 0.0297. The summed E-state index contributed by atoms with van der Waals surface area (Å²) in [5.41, 5.74) is 2.41. The van der Waals surface area contributed by atoms with Gasteiger partial charge in [-0.05, 0) is 47.3 Å². The highest BCUT2D eigenvalue weighted by Gasteiger charge is 2.26. The van der Waals surface area contributed by atoms with Crippen LogP contribution >= 0.6 is 34.5 Å². The van der Waals surface area contributed by atoms with Crippen molar-refractivity contribution in [2.24, 2.45) is 0 Å². The number of benzene rings is 2. The average Bonchev–Trinajstić information content (AvgIpc) is 3.48. The Morgan fingerprint density at radius 3 is 2.34 bits per heavy atom. The highest BCUT2D eigenvalue weighted by molar-refractivity contribution is 7.12. The molecule has 4 aromatic rings. The number of hydrogen-bond acceptors (Lipinski definition) is 6. The van der Waals surface area contributed by atoms with Crippen molar-refractivity contribution in [2.75, 3.05) is 37.6 Å². The molecule has 1 aliphatic rings. The molecule has 0 saturated carbocycles. The first kappa shape index (κ1) is 26.2. The number of carbonyl (C=O) groups excluding carboxylic acids is 2. The molecule has 1 fully saturated rings. The van der Waals surface area contributed by atoms with Crippen molar-refractivity contribution in [3.63, 3.8) is 0 Å². The molecular weight excluding hydrogens is 541 g/mol. The van der Waals surface area contributed by atoms with E-state index in [1.54, 1.807) is 23.1 Å². The average molecular weight is 567 g/mol. The Bertz CT molecular complexity index is 1390. The molecule has 0 bridgehead atoms. The zero-order valence-electron chi connectivity index (χ0n) is 20.5. The van der Waals surface area contributed by atoms with Gasteiger partial charge >= 0.3 is 0 Å². The number of carbonyl (C=O) groups is 2. The molecule has 38 heavy (non-hydrogen) atoms. The van der Waals surface area contributed by atoms with Crippen molar-refractivity contribution in [1.29, 1.82) is 0 Å². The summed E-state index contributed by atoms with van der Waals surface area (Å²) in [7, 11) is 0. The smallest absolute Gasteiger partial charge is 0.264 e. The summed E-state index contributed by atoms with van der Waals surface area (Å²) in [5, 5.41) is 11.7. The molecule has 2 amide bonds. The summed E-state index contributed by atoms with van der Waals surface area (Å²) in [5.74, 6) is 0.542. The van der Waals surface area contributed by atoms with Gasteiger partial charge in [-0.2, -0.15) is 0 Å². The largest absolute Gasteiger partial charge is 0.352 e. The van der Waals surface area contributed by atoms with Gasteiger partial charge in [0.25, 0.3) is 5.91 Å². The quantitative estimate of drug-likeness (QED) is 0.296. The van der Waals surface area contributed by atoms with E-state index in [1.807, 2.05) is 64.9 Å². The second-order valence-electron chi connectivity index (χ2n) is 8.89. The molecule has 2 aromatic carbocycles. The summed E-state index contributed by atoms with van der Waals surface area (Å²) in [4.78, 5) is 32.6. The molecule has 1 aliphatic heterocycles. The van der Waals surface area contributed by atoms with E-state index in [9.17, 15) is 9.59 Å². The zero-order chi connectivity index (χ0) is 26.5. The first-order chi connectivity index (χ1) is 18.5. The topological polar surface area (TPSA) is 69.6 Å². The highest BCUT2D eigenvalue weighted by atomic mass is 35.5. The van der Waals surface area contributed by atoms with E-state index >= 15 is 0 Å². The van der Waals surface area contributed by atoms with Gasteiger partial charge in [0.1, 0.15) is 6.54 Å². The van der Waals surface area contributed by atoms with Crippen LogP contribution in [0.1, 0.15) is 15.2 Å². The van der Waals surface area contributed by atoms with Crippen LogP contribution in [-0.2, 0) is 11.3 Å². The maximum Gasteiger partial charge on any atom is 0.264 e. The predicted octanol–water partition coefficient (Wildman–Crippen LogP) is 5.50. The third-order valence-corrected chi connectivity index (χ3v) is 7.78. The second-order valence-corrected chi connectivity index (χ2v) is 10.7. The number of halogens is 2.